The van der Waals surface area contributed by atoms with Crippen LogP contribution in [0.25, 0.3) is 0 Å². The summed E-state index contributed by atoms with van der Waals surface area (Å²) in [7, 11) is 0. The molecule has 0 unspecified atom stereocenters. The lowest BCUT2D eigenvalue weighted by molar-refractivity contribution is -0.142. The molecule has 104 valence electrons. The number of hydrogen-bond acceptors (Lipinski definition) is 2. The molecule has 0 atom stereocenters. The lowest BCUT2D eigenvalue weighted by Gasteiger charge is -2.27. The Morgan fingerprint density at radius 2 is 1.72 bits per heavy atom. The molecule has 2 aliphatic carbocycles. The third-order valence-electron chi connectivity index (χ3n) is 4.77. The van der Waals surface area contributed by atoms with Gasteiger partial charge < -0.3 is 10.4 Å². The highest BCUT2D eigenvalue weighted by atomic mass is 16.4. The topological polar surface area (TPSA) is 49.3 Å². The second-order valence-corrected chi connectivity index (χ2v) is 6.13. The summed E-state index contributed by atoms with van der Waals surface area (Å²) in [6.45, 7) is 1.12. The van der Waals surface area contributed by atoms with Gasteiger partial charge in [0, 0.05) is 6.04 Å². The Kier molecular flexibility index (Phi) is 5.48. The molecule has 3 nitrogen and oxygen atoms in total. The molecule has 0 aromatic carbocycles. The molecule has 0 saturated heterocycles. The summed E-state index contributed by atoms with van der Waals surface area (Å²) < 4.78 is 0. The van der Waals surface area contributed by atoms with E-state index >= 15 is 0 Å². The molecule has 2 fully saturated rings. The Morgan fingerprint density at radius 3 is 2.33 bits per heavy atom. The SMILES string of the molecule is O=C(O)C1CCC(NCCCC2CCCC2)CC1. The number of aliphatic carboxylic acids is 1. The molecule has 0 spiro atoms. The van der Waals surface area contributed by atoms with Gasteiger partial charge in [0.15, 0.2) is 0 Å². The summed E-state index contributed by atoms with van der Waals surface area (Å²) in [5.41, 5.74) is 0. The van der Waals surface area contributed by atoms with E-state index in [2.05, 4.69) is 5.32 Å². The lowest BCUT2D eigenvalue weighted by atomic mass is 9.86. The van der Waals surface area contributed by atoms with Gasteiger partial charge in [-0.2, -0.15) is 0 Å². The predicted octanol–water partition coefficient (Wildman–Crippen LogP) is 3.19. The number of carboxylic acids is 1. The van der Waals surface area contributed by atoms with E-state index in [1.165, 1.54) is 38.5 Å². The van der Waals surface area contributed by atoms with Crippen LogP contribution in [0.1, 0.15) is 64.2 Å². The van der Waals surface area contributed by atoms with Crippen molar-refractivity contribution in [3.05, 3.63) is 0 Å². The highest BCUT2D eigenvalue weighted by Gasteiger charge is 2.25. The van der Waals surface area contributed by atoms with Crippen LogP contribution in [0.15, 0.2) is 0 Å². The molecule has 18 heavy (non-hydrogen) atoms. The number of nitrogens with one attached hydrogen (secondary N) is 1. The van der Waals surface area contributed by atoms with Crippen LogP contribution >= 0.6 is 0 Å². The molecule has 0 amide bonds. The van der Waals surface area contributed by atoms with Gasteiger partial charge >= 0.3 is 5.97 Å². The minimum Gasteiger partial charge on any atom is -0.481 e. The largest absolute Gasteiger partial charge is 0.481 e. The zero-order valence-electron chi connectivity index (χ0n) is 11.4. The first-order valence-electron chi connectivity index (χ1n) is 7.72. The van der Waals surface area contributed by atoms with Crippen LogP contribution in [-0.2, 0) is 4.79 Å². The summed E-state index contributed by atoms with van der Waals surface area (Å²) >= 11 is 0. The third-order valence-corrected chi connectivity index (χ3v) is 4.77. The molecule has 0 heterocycles. The molecule has 2 saturated carbocycles. The molecule has 0 aromatic rings. The van der Waals surface area contributed by atoms with Gasteiger partial charge in [-0.05, 0) is 51.0 Å². The first-order valence-corrected chi connectivity index (χ1v) is 7.72. The van der Waals surface area contributed by atoms with E-state index in [1.807, 2.05) is 0 Å². The zero-order chi connectivity index (χ0) is 12.8. The van der Waals surface area contributed by atoms with Gasteiger partial charge in [0.05, 0.1) is 5.92 Å². The number of carboxylic acid groups (broad SMARTS) is 1. The Bertz CT molecular complexity index is 253. The second kappa shape index (κ2) is 7.13. The van der Waals surface area contributed by atoms with E-state index < -0.39 is 5.97 Å². The molecule has 2 rings (SSSR count). The Hall–Kier alpha value is -0.570. The van der Waals surface area contributed by atoms with Crippen molar-refractivity contribution in [3.63, 3.8) is 0 Å². The highest BCUT2D eigenvalue weighted by molar-refractivity contribution is 5.70. The molecular formula is C15H27NO2. The molecule has 0 aromatic heterocycles. The Morgan fingerprint density at radius 1 is 1.06 bits per heavy atom. The standard InChI is InChI=1S/C15H27NO2/c17-15(18)13-7-9-14(10-8-13)16-11-3-6-12-4-1-2-5-12/h12-14,16H,1-11H2,(H,17,18). The maximum absolute atomic E-state index is 10.8. The minimum absolute atomic E-state index is 0.0819. The minimum atomic E-state index is -0.602. The van der Waals surface area contributed by atoms with Gasteiger partial charge in [0.2, 0.25) is 0 Å². The normalized spacial score (nSPS) is 29.6. The fraction of sp³-hybridized carbons (Fsp3) is 0.933. The summed E-state index contributed by atoms with van der Waals surface area (Å²) in [5.74, 6) is 0.311. The van der Waals surface area contributed by atoms with Gasteiger partial charge in [-0.1, -0.05) is 25.7 Å². The third kappa shape index (κ3) is 4.27. The average molecular weight is 253 g/mol. The van der Waals surface area contributed by atoms with Crippen LogP contribution in [-0.4, -0.2) is 23.7 Å². The first-order chi connectivity index (χ1) is 8.75. The van der Waals surface area contributed by atoms with Crippen molar-refractivity contribution < 1.29 is 9.90 Å². The van der Waals surface area contributed by atoms with E-state index in [0.717, 1.165) is 38.1 Å². The maximum Gasteiger partial charge on any atom is 0.306 e. The maximum atomic E-state index is 10.8. The van der Waals surface area contributed by atoms with Crippen LogP contribution in [0.4, 0.5) is 0 Å². The van der Waals surface area contributed by atoms with E-state index in [9.17, 15) is 4.79 Å². The quantitative estimate of drug-likeness (QED) is 0.715. The predicted molar refractivity (Wildman–Crippen MR) is 72.6 cm³/mol. The summed E-state index contributed by atoms with van der Waals surface area (Å²) in [4.78, 5) is 10.8. The van der Waals surface area contributed by atoms with Crippen molar-refractivity contribution in [3.8, 4) is 0 Å². The van der Waals surface area contributed by atoms with Crippen LogP contribution < -0.4 is 5.32 Å². The fourth-order valence-corrected chi connectivity index (χ4v) is 3.54. The Balaban J connectivity index is 1.51. The van der Waals surface area contributed by atoms with Gasteiger partial charge in [-0.25, -0.2) is 0 Å². The van der Waals surface area contributed by atoms with Crippen molar-refractivity contribution in [2.24, 2.45) is 11.8 Å². The molecule has 3 heteroatoms. The van der Waals surface area contributed by atoms with Crippen molar-refractivity contribution in [2.45, 2.75) is 70.3 Å². The van der Waals surface area contributed by atoms with Gasteiger partial charge in [-0.3, -0.25) is 4.79 Å². The van der Waals surface area contributed by atoms with Crippen molar-refractivity contribution in [2.75, 3.05) is 6.54 Å². The van der Waals surface area contributed by atoms with E-state index in [-0.39, 0.29) is 5.92 Å². The molecule has 0 aliphatic heterocycles. The van der Waals surface area contributed by atoms with Crippen molar-refractivity contribution in [1.29, 1.82) is 0 Å². The van der Waals surface area contributed by atoms with E-state index in [1.54, 1.807) is 0 Å². The van der Waals surface area contributed by atoms with Crippen molar-refractivity contribution in [1.82, 2.24) is 5.32 Å². The molecular weight excluding hydrogens is 226 g/mol. The summed E-state index contributed by atoms with van der Waals surface area (Å²) in [5, 5.41) is 12.6. The van der Waals surface area contributed by atoms with Gasteiger partial charge in [0.1, 0.15) is 0 Å². The first kappa shape index (κ1) is 13.9. The van der Waals surface area contributed by atoms with Crippen LogP contribution in [0, 0.1) is 11.8 Å². The Labute approximate surface area is 110 Å². The summed E-state index contributed by atoms with van der Waals surface area (Å²) in [6, 6.07) is 0.573. The second-order valence-electron chi connectivity index (χ2n) is 6.13. The smallest absolute Gasteiger partial charge is 0.306 e. The zero-order valence-corrected chi connectivity index (χ0v) is 11.4. The van der Waals surface area contributed by atoms with Gasteiger partial charge in [0.25, 0.3) is 0 Å². The average Bonchev–Trinajstić information content (AvgIpc) is 2.88. The number of rotatable bonds is 6. The molecule has 0 bridgehead atoms. The van der Waals surface area contributed by atoms with Crippen LogP contribution in [0.2, 0.25) is 0 Å². The number of hydrogen-bond donors (Lipinski definition) is 2. The van der Waals surface area contributed by atoms with Crippen LogP contribution in [0.3, 0.4) is 0 Å². The van der Waals surface area contributed by atoms with E-state index in [0.29, 0.717) is 6.04 Å². The lowest BCUT2D eigenvalue weighted by Crippen LogP contribution is -2.35. The molecule has 0 radical (unpaired) electrons. The van der Waals surface area contributed by atoms with E-state index in [4.69, 9.17) is 5.11 Å². The van der Waals surface area contributed by atoms with Crippen LogP contribution in [0.5, 0.6) is 0 Å². The van der Waals surface area contributed by atoms with Crippen molar-refractivity contribution >= 4 is 5.97 Å². The fourth-order valence-electron chi connectivity index (χ4n) is 3.54. The monoisotopic (exact) mass is 253 g/mol. The number of carbonyl (C=O) groups is 1. The molecule has 2 aliphatic rings. The summed E-state index contributed by atoms with van der Waals surface area (Å²) in [6.07, 6.45) is 12.3. The highest BCUT2D eigenvalue weighted by Crippen LogP contribution is 2.28. The molecule has 2 N–H and O–H groups in total. The van der Waals surface area contributed by atoms with Gasteiger partial charge in [-0.15, -0.1) is 0 Å².